The lowest BCUT2D eigenvalue weighted by atomic mass is 10.2. The number of rotatable bonds is 8. The number of aliphatic imine (C=N–C) groups is 1. The van der Waals surface area contributed by atoms with Crippen molar-refractivity contribution in [2.75, 3.05) is 25.6 Å². The number of para-hydroxylation sites is 1. The standard InChI is InChI=1S/C18H21Cl2N3O3.HI/c1-25-10-12-5-2-3-7-15(12)23-18(21)22-9-13(24)11-26-16-8-4-6-14(19)17(16)20;/h2-8,13,24H,9-11H2,1H3,(H3,21,22,23);1H. The molecule has 0 aliphatic carbocycles. The average Bonchev–Trinajstić information content (AvgIpc) is 2.63. The van der Waals surface area contributed by atoms with Gasteiger partial charge in [0.15, 0.2) is 5.96 Å². The van der Waals surface area contributed by atoms with E-state index in [2.05, 4.69) is 10.3 Å². The molecule has 9 heteroatoms. The fourth-order valence-electron chi connectivity index (χ4n) is 2.14. The number of nitrogens with one attached hydrogen (secondary N) is 1. The summed E-state index contributed by atoms with van der Waals surface area (Å²) in [5, 5.41) is 13.7. The molecule has 0 saturated carbocycles. The van der Waals surface area contributed by atoms with Gasteiger partial charge in [-0.15, -0.1) is 24.0 Å². The molecule has 4 N–H and O–H groups in total. The van der Waals surface area contributed by atoms with E-state index in [0.717, 1.165) is 11.3 Å². The van der Waals surface area contributed by atoms with Crippen LogP contribution in [-0.2, 0) is 11.3 Å². The van der Waals surface area contributed by atoms with Crippen LogP contribution in [0.15, 0.2) is 47.5 Å². The summed E-state index contributed by atoms with van der Waals surface area (Å²) < 4.78 is 10.6. The van der Waals surface area contributed by atoms with Crippen LogP contribution >= 0.6 is 47.2 Å². The number of halogens is 3. The van der Waals surface area contributed by atoms with Crippen LogP contribution in [0.1, 0.15) is 5.56 Å². The number of ether oxygens (including phenoxy) is 2. The van der Waals surface area contributed by atoms with Crippen molar-refractivity contribution in [1.82, 2.24) is 0 Å². The first kappa shape index (κ1) is 23.8. The molecule has 6 nitrogen and oxygen atoms in total. The topological polar surface area (TPSA) is 89.1 Å². The van der Waals surface area contributed by atoms with Crippen LogP contribution in [0.3, 0.4) is 0 Å². The van der Waals surface area contributed by atoms with Gasteiger partial charge in [0.2, 0.25) is 0 Å². The molecular formula is C18H22Cl2IN3O3. The number of methoxy groups -OCH3 is 1. The first-order chi connectivity index (χ1) is 12.5. The van der Waals surface area contributed by atoms with Crippen molar-refractivity contribution in [2.24, 2.45) is 10.7 Å². The third-order valence-corrected chi connectivity index (χ3v) is 4.20. The normalized spacial score (nSPS) is 12.2. The second-order valence-electron chi connectivity index (χ2n) is 5.46. The van der Waals surface area contributed by atoms with Crippen molar-refractivity contribution in [3.05, 3.63) is 58.1 Å². The number of benzene rings is 2. The van der Waals surface area contributed by atoms with Gasteiger partial charge in [-0.1, -0.05) is 47.5 Å². The van der Waals surface area contributed by atoms with Crippen LogP contribution in [0.5, 0.6) is 5.75 Å². The number of aliphatic hydroxyl groups excluding tert-OH is 1. The maximum atomic E-state index is 10.0. The molecule has 0 fully saturated rings. The SMILES string of the molecule is COCc1ccccc1NC(N)=NCC(O)COc1cccc(Cl)c1Cl.I. The van der Waals surface area contributed by atoms with Crippen molar-refractivity contribution in [2.45, 2.75) is 12.7 Å². The summed E-state index contributed by atoms with van der Waals surface area (Å²) in [6, 6.07) is 12.6. The first-order valence-electron chi connectivity index (χ1n) is 7.90. The number of anilines is 1. The van der Waals surface area contributed by atoms with Gasteiger partial charge in [0.1, 0.15) is 23.5 Å². The molecule has 2 rings (SSSR count). The molecule has 2 aromatic carbocycles. The molecule has 0 aliphatic rings. The zero-order chi connectivity index (χ0) is 18.9. The monoisotopic (exact) mass is 525 g/mol. The molecule has 148 valence electrons. The van der Waals surface area contributed by atoms with Gasteiger partial charge in [-0.2, -0.15) is 0 Å². The van der Waals surface area contributed by atoms with Gasteiger partial charge in [0.25, 0.3) is 0 Å². The molecule has 1 atom stereocenters. The van der Waals surface area contributed by atoms with Gasteiger partial charge in [0, 0.05) is 18.4 Å². The van der Waals surface area contributed by atoms with E-state index < -0.39 is 6.10 Å². The molecule has 1 unspecified atom stereocenters. The van der Waals surface area contributed by atoms with Gasteiger partial charge in [-0.05, 0) is 18.2 Å². The minimum Gasteiger partial charge on any atom is -0.489 e. The van der Waals surface area contributed by atoms with Crippen LogP contribution in [0.2, 0.25) is 10.0 Å². The van der Waals surface area contributed by atoms with E-state index in [1.807, 2.05) is 24.3 Å². The van der Waals surface area contributed by atoms with Crippen LogP contribution in [0.4, 0.5) is 5.69 Å². The Bertz CT molecular complexity index is 762. The van der Waals surface area contributed by atoms with E-state index in [4.69, 9.17) is 38.4 Å². The van der Waals surface area contributed by atoms with E-state index in [-0.39, 0.29) is 43.1 Å². The maximum absolute atomic E-state index is 10.0. The first-order valence-corrected chi connectivity index (χ1v) is 8.65. The largest absolute Gasteiger partial charge is 0.489 e. The van der Waals surface area contributed by atoms with Crippen molar-refractivity contribution in [3.63, 3.8) is 0 Å². The van der Waals surface area contributed by atoms with Crippen molar-refractivity contribution in [1.29, 1.82) is 0 Å². The summed E-state index contributed by atoms with van der Waals surface area (Å²) >= 11 is 11.9. The zero-order valence-corrected chi connectivity index (χ0v) is 18.5. The van der Waals surface area contributed by atoms with E-state index in [1.54, 1.807) is 25.3 Å². The second kappa shape index (κ2) is 12.2. The molecular weight excluding hydrogens is 504 g/mol. The van der Waals surface area contributed by atoms with Crippen molar-refractivity contribution < 1.29 is 14.6 Å². The fourth-order valence-corrected chi connectivity index (χ4v) is 2.49. The lowest BCUT2D eigenvalue weighted by molar-refractivity contribution is 0.114. The Kier molecular flexibility index (Phi) is 10.8. The maximum Gasteiger partial charge on any atom is 0.193 e. The highest BCUT2D eigenvalue weighted by Gasteiger charge is 2.09. The Hall–Kier alpha value is -1.26. The van der Waals surface area contributed by atoms with E-state index in [9.17, 15) is 5.11 Å². The lowest BCUT2D eigenvalue weighted by Crippen LogP contribution is -2.27. The third-order valence-electron chi connectivity index (χ3n) is 3.40. The van der Waals surface area contributed by atoms with Gasteiger partial charge in [-0.25, -0.2) is 0 Å². The van der Waals surface area contributed by atoms with E-state index >= 15 is 0 Å². The number of aliphatic hydroxyl groups is 1. The summed E-state index contributed by atoms with van der Waals surface area (Å²) in [5.41, 5.74) is 7.63. The summed E-state index contributed by atoms with van der Waals surface area (Å²) in [5.74, 6) is 0.593. The average molecular weight is 526 g/mol. The molecule has 27 heavy (non-hydrogen) atoms. The molecule has 0 amide bonds. The quantitative estimate of drug-likeness (QED) is 0.276. The zero-order valence-electron chi connectivity index (χ0n) is 14.7. The van der Waals surface area contributed by atoms with Crippen LogP contribution in [-0.4, -0.2) is 37.4 Å². The molecule has 0 radical (unpaired) electrons. The van der Waals surface area contributed by atoms with Crippen LogP contribution < -0.4 is 15.8 Å². The van der Waals surface area contributed by atoms with Gasteiger partial charge in [0.05, 0.1) is 18.2 Å². The van der Waals surface area contributed by atoms with Gasteiger partial charge < -0.3 is 25.6 Å². The van der Waals surface area contributed by atoms with E-state index in [0.29, 0.717) is 22.4 Å². The molecule has 0 saturated heterocycles. The molecule has 0 spiro atoms. The molecule has 0 heterocycles. The summed E-state index contributed by atoms with van der Waals surface area (Å²) in [7, 11) is 1.62. The fraction of sp³-hybridized carbons (Fsp3) is 0.278. The Morgan fingerprint density at radius 2 is 1.96 bits per heavy atom. The highest BCUT2D eigenvalue weighted by molar-refractivity contribution is 14.0. The number of nitrogens with two attached hydrogens (primary N) is 1. The van der Waals surface area contributed by atoms with Crippen LogP contribution in [0.25, 0.3) is 0 Å². The third kappa shape index (κ3) is 7.71. The Labute approximate surface area is 185 Å². The minimum atomic E-state index is -0.848. The molecule has 0 aliphatic heterocycles. The summed E-state index contributed by atoms with van der Waals surface area (Å²) in [6.07, 6.45) is -0.848. The Balaban J connectivity index is 0.00000364. The number of guanidine groups is 1. The molecule has 0 bridgehead atoms. The van der Waals surface area contributed by atoms with Crippen molar-refractivity contribution >= 4 is 58.8 Å². The minimum absolute atomic E-state index is 0. The van der Waals surface area contributed by atoms with E-state index in [1.165, 1.54) is 0 Å². The summed E-state index contributed by atoms with van der Waals surface area (Å²) in [4.78, 5) is 4.13. The smallest absolute Gasteiger partial charge is 0.193 e. The molecule has 2 aromatic rings. The van der Waals surface area contributed by atoms with Crippen molar-refractivity contribution in [3.8, 4) is 5.75 Å². The second-order valence-corrected chi connectivity index (χ2v) is 6.24. The predicted molar refractivity (Wildman–Crippen MR) is 121 cm³/mol. The Morgan fingerprint density at radius 3 is 2.70 bits per heavy atom. The van der Waals surface area contributed by atoms with Crippen LogP contribution in [0, 0.1) is 0 Å². The highest BCUT2D eigenvalue weighted by atomic mass is 127. The van der Waals surface area contributed by atoms with Gasteiger partial charge >= 0.3 is 0 Å². The number of hydrogen-bond donors (Lipinski definition) is 3. The number of hydrogen-bond acceptors (Lipinski definition) is 4. The highest BCUT2D eigenvalue weighted by Crippen LogP contribution is 2.31. The van der Waals surface area contributed by atoms with Gasteiger partial charge in [-0.3, -0.25) is 4.99 Å². The predicted octanol–water partition coefficient (Wildman–Crippen LogP) is 3.92. The number of nitrogens with zero attached hydrogens (tertiary/aromatic N) is 1. The molecule has 0 aromatic heterocycles. The lowest BCUT2D eigenvalue weighted by Gasteiger charge is -2.13. The Morgan fingerprint density at radius 1 is 1.22 bits per heavy atom. The summed E-state index contributed by atoms with van der Waals surface area (Å²) in [6.45, 7) is 0.536.